The molecule has 1 aliphatic carbocycles. The number of para-hydroxylation sites is 3. The molecule has 1 aromatic heterocycles. The summed E-state index contributed by atoms with van der Waals surface area (Å²) in [5.41, 5.74) is 19.4. The molecule has 0 spiro atoms. The van der Waals surface area contributed by atoms with E-state index < -0.39 is 5.41 Å². The van der Waals surface area contributed by atoms with Crippen LogP contribution in [0.15, 0.2) is 150 Å². The smallest absolute Gasteiger partial charge is 0.333 e. The number of anilines is 4. The molecule has 3 aliphatic heterocycles. The van der Waals surface area contributed by atoms with E-state index in [0.717, 1.165) is 21.9 Å². The quantitative estimate of drug-likeness (QED) is 0.182. The number of nitrogens with one attached hydrogen (secondary N) is 1. The minimum Gasteiger partial charge on any atom is -0.455 e. The molecular formula is C55H49BN2O. The zero-order valence-corrected chi connectivity index (χ0v) is 34.7. The Kier molecular flexibility index (Phi) is 7.28. The summed E-state index contributed by atoms with van der Waals surface area (Å²) in [6, 6.07) is 54.9. The molecule has 0 bridgehead atoms. The summed E-state index contributed by atoms with van der Waals surface area (Å²) in [5.74, 6) is 0.571. The second-order valence-corrected chi connectivity index (χ2v) is 19.1. The van der Waals surface area contributed by atoms with Crippen molar-refractivity contribution in [3.8, 4) is 11.1 Å². The first-order valence-electron chi connectivity index (χ1n) is 21.8. The van der Waals surface area contributed by atoms with E-state index in [0.29, 0.717) is 5.92 Å². The Morgan fingerprint density at radius 1 is 0.712 bits per heavy atom. The molecule has 2 atom stereocenters. The lowest BCUT2D eigenvalue weighted by Gasteiger charge is -2.52. The summed E-state index contributed by atoms with van der Waals surface area (Å²) in [7, 11) is 0. The predicted molar refractivity (Wildman–Crippen MR) is 248 cm³/mol. The van der Waals surface area contributed by atoms with Crippen LogP contribution >= 0.6 is 0 Å². The average Bonchev–Trinajstić information content (AvgIpc) is 3.63. The van der Waals surface area contributed by atoms with E-state index in [1.165, 1.54) is 104 Å². The van der Waals surface area contributed by atoms with Crippen molar-refractivity contribution < 1.29 is 4.42 Å². The van der Waals surface area contributed by atoms with Gasteiger partial charge in [-0.25, -0.2) is 0 Å². The van der Waals surface area contributed by atoms with Crippen molar-refractivity contribution in [2.24, 2.45) is 5.92 Å². The molecule has 1 fully saturated rings. The Labute approximate surface area is 348 Å². The van der Waals surface area contributed by atoms with Crippen LogP contribution in [0.5, 0.6) is 0 Å². The highest BCUT2D eigenvalue weighted by atomic mass is 16.3. The third kappa shape index (κ3) is 4.61. The van der Waals surface area contributed by atoms with E-state index in [1.807, 2.05) is 0 Å². The highest BCUT2D eigenvalue weighted by Gasteiger charge is 2.54. The summed E-state index contributed by atoms with van der Waals surface area (Å²) in [6.45, 7) is 12.1. The highest BCUT2D eigenvalue weighted by Crippen LogP contribution is 2.61. The summed E-state index contributed by atoms with van der Waals surface area (Å²) < 4.78 is 7.07. The Morgan fingerprint density at radius 3 is 2.15 bits per heavy atom. The third-order valence-electron chi connectivity index (χ3n) is 15.0. The van der Waals surface area contributed by atoms with E-state index in [1.54, 1.807) is 0 Å². The number of rotatable bonds is 3. The van der Waals surface area contributed by atoms with Crippen molar-refractivity contribution in [1.82, 2.24) is 0 Å². The van der Waals surface area contributed by atoms with Gasteiger partial charge in [-0.05, 0) is 92.1 Å². The van der Waals surface area contributed by atoms with E-state index in [4.69, 9.17) is 4.42 Å². The minimum atomic E-state index is -0.567. The molecule has 8 aromatic rings. The van der Waals surface area contributed by atoms with Crippen LogP contribution < -0.4 is 21.1 Å². The lowest BCUT2D eigenvalue weighted by Crippen LogP contribution is -2.63. The van der Waals surface area contributed by atoms with Gasteiger partial charge in [0, 0.05) is 44.6 Å². The predicted octanol–water partition coefficient (Wildman–Crippen LogP) is 13.0. The van der Waals surface area contributed by atoms with Crippen molar-refractivity contribution in [2.45, 2.75) is 76.5 Å². The maximum absolute atomic E-state index is 7.07. The van der Waals surface area contributed by atoms with Crippen LogP contribution in [-0.2, 0) is 16.2 Å². The fraction of sp³-hybridized carbons (Fsp3) is 0.236. The standard InChI is InChI=1S/C55H49BN2O/c1-34-19-16-17-30-54(34,5)43-31-37(53(2,3)4)32-44-50(43)57-45-33-40-38-24-12-15-29-47(38)59-52(40)48-39-25-18-27-42-51(39)58(56(44)49(45)48)46-28-14-13-26-41(46)55(42,35-20-8-6-9-21-35)36-22-10-7-11-23-36/h6-15,18,20-29,31-34,57H,16-17,19,30H2,1-5H3. The van der Waals surface area contributed by atoms with Crippen LogP contribution in [0.4, 0.5) is 22.7 Å². The Balaban J connectivity index is 1.27. The normalized spacial score (nSPS) is 19.8. The molecule has 0 amide bonds. The number of furan rings is 1. The number of benzene rings is 7. The molecule has 1 N–H and O–H groups in total. The van der Waals surface area contributed by atoms with Gasteiger partial charge in [0.05, 0.1) is 5.41 Å². The molecule has 0 saturated heterocycles. The lowest BCUT2D eigenvalue weighted by atomic mass is 9.41. The van der Waals surface area contributed by atoms with Gasteiger partial charge in [0.1, 0.15) is 11.2 Å². The molecule has 7 aromatic carbocycles. The molecular weight excluding hydrogens is 715 g/mol. The Bertz CT molecular complexity index is 2970. The summed E-state index contributed by atoms with van der Waals surface area (Å²) >= 11 is 0. The molecule has 288 valence electrons. The zero-order valence-electron chi connectivity index (χ0n) is 34.7. The molecule has 4 aliphatic rings. The topological polar surface area (TPSA) is 28.4 Å². The first-order valence-corrected chi connectivity index (χ1v) is 21.8. The van der Waals surface area contributed by atoms with Crippen LogP contribution in [0, 0.1) is 5.92 Å². The van der Waals surface area contributed by atoms with Crippen LogP contribution in [0.2, 0.25) is 0 Å². The molecule has 4 heteroatoms. The second-order valence-electron chi connectivity index (χ2n) is 19.1. The first kappa shape index (κ1) is 35.0. The molecule has 12 rings (SSSR count). The second kappa shape index (κ2) is 12.3. The van der Waals surface area contributed by atoms with E-state index in [2.05, 4.69) is 190 Å². The zero-order chi connectivity index (χ0) is 39.8. The number of hydrogen-bond donors (Lipinski definition) is 1. The SMILES string of the molecule is CC1CCCCC1(C)c1cc(C(C)(C)C)cc2c1Nc1cc3c(oc4ccccc43)c3c1B2N1c2ccccc2C(c2ccccc2)(c2ccccc2)c2cccc-3c21. The van der Waals surface area contributed by atoms with E-state index in [9.17, 15) is 0 Å². The molecule has 2 unspecified atom stereocenters. The van der Waals surface area contributed by atoms with Gasteiger partial charge in [0.25, 0.3) is 0 Å². The lowest BCUT2D eigenvalue weighted by molar-refractivity contribution is 0.222. The van der Waals surface area contributed by atoms with Gasteiger partial charge in [-0.2, -0.15) is 0 Å². The van der Waals surface area contributed by atoms with Crippen molar-refractivity contribution >= 4 is 62.5 Å². The average molecular weight is 765 g/mol. The van der Waals surface area contributed by atoms with Crippen LogP contribution in [0.25, 0.3) is 33.1 Å². The van der Waals surface area contributed by atoms with Crippen LogP contribution in [-0.4, -0.2) is 6.85 Å². The largest absolute Gasteiger partial charge is 0.455 e. The van der Waals surface area contributed by atoms with Gasteiger partial charge in [-0.1, -0.05) is 175 Å². The molecule has 4 heterocycles. The van der Waals surface area contributed by atoms with Crippen molar-refractivity contribution in [1.29, 1.82) is 0 Å². The van der Waals surface area contributed by atoms with Crippen LogP contribution in [0.1, 0.15) is 93.7 Å². The first-order chi connectivity index (χ1) is 28.7. The van der Waals surface area contributed by atoms with Crippen molar-refractivity contribution in [3.63, 3.8) is 0 Å². The molecule has 0 radical (unpaired) electrons. The Morgan fingerprint density at radius 2 is 1.41 bits per heavy atom. The maximum atomic E-state index is 7.07. The summed E-state index contributed by atoms with van der Waals surface area (Å²) in [5, 5.41) is 6.56. The Hall–Kier alpha value is -6.00. The monoisotopic (exact) mass is 764 g/mol. The fourth-order valence-electron chi connectivity index (χ4n) is 11.9. The van der Waals surface area contributed by atoms with Crippen LogP contribution in [0.3, 0.4) is 0 Å². The number of hydrogen-bond acceptors (Lipinski definition) is 3. The van der Waals surface area contributed by atoms with Crippen molar-refractivity contribution in [3.05, 3.63) is 179 Å². The van der Waals surface area contributed by atoms with Gasteiger partial charge in [0.15, 0.2) is 0 Å². The molecule has 59 heavy (non-hydrogen) atoms. The van der Waals surface area contributed by atoms with E-state index >= 15 is 0 Å². The van der Waals surface area contributed by atoms with Gasteiger partial charge >= 0.3 is 6.85 Å². The van der Waals surface area contributed by atoms with Gasteiger partial charge in [0.2, 0.25) is 0 Å². The number of nitrogens with zero attached hydrogens (tertiary/aromatic N) is 1. The number of fused-ring (bicyclic) bond motifs is 10. The third-order valence-corrected chi connectivity index (χ3v) is 15.0. The summed E-state index contributed by atoms with van der Waals surface area (Å²) in [4.78, 5) is 2.74. The van der Waals surface area contributed by atoms with Crippen molar-refractivity contribution in [2.75, 3.05) is 10.1 Å². The van der Waals surface area contributed by atoms with Gasteiger partial charge < -0.3 is 14.5 Å². The fourth-order valence-corrected chi connectivity index (χ4v) is 11.9. The van der Waals surface area contributed by atoms with Gasteiger partial charge in [-0.3, -0.25) is 0 Å². The molecule has 3 nitrogen and oxygen atoms in total. The van der Waals surface area contributed by atoms with Gasteiger partial charge in [-0.15, -0.1) is 0 Å². The molecule has 1 saturated carbocycles. The highest BCUT2D eigenvalue weighted by molar-refractivity contribution is 6.94. The minimum absolute atomic E-state index is 0.0384. The summed E-state index contributed by atoms with van der Waals surface area (Å²) in [6.07, 6.45) is 5.02. The van der Waals surface area contributed by atoms with E-state index in [-0.39, 0.29) is 17.7 Å². The maximum Gasteiger partial charge on any atom is 0.333 e.